The van der Waals surface area contributed by atoms with Crippen molar-refractivity contribution in [2.24, 2.45) is 0 Å². The van der Waals surface area contributed by atoms with E-state index in [0.717, 1.165) is 28.5 Å². The van der Waals surface area contributed by atoms with Crippen molar-refractivity contribution in [2.45, 2.75) is 39.8 Å². The summed E-state index contributed by atoms with van der Waals surface area (Å²) in [4.78, 5) is 13.0. The van der Waals surface area contributed by atoms with Crippen LogP contribution in [-0.2, 0) is 0 Å². The zero-order valence-corrected chi connectivity index (χ0v) is 19.1. The van der Waals surface area contributed by atoms with Gasteiger partial charge in [-0.3, -0.25) is 4.79 Å². The van der Waals surface area contributed by atoms with Gasteiger partial charge in [-0.2, -0.15) is 5.10 Å². The Morgan fingerprint density at radius 1 is 1.03 bits per heavy atom. The van der Waals surface area contributed by atoms with Gasteiger partial charge in [0.1, 0.15) is 0 Å². The van der Waals surface area contributed by atoms with E-state index in [9.17, 15) is 4.79 Å². The minimum Gasteiger partial charge on any atom is -0.334 e. The van der Waals surface area contributed by atoms with Gasteiger partial charge in [0.05, 0.1) is 11.4 Å². The Morgan fingerprint density at radius 2 is 1.81 bits per heavy atom. The Morgan fingerprint density at radius 3 is 2.48 bits per heavy atom. The largest absolute Gasteiger partial charge is 0.334 e. The average molecular weight is 436 g/mol. The van der Waals surface area contributed by atoms with Gasteiger partial charge in [0, 0.05) is 28.3 Å². The highest BCUT2D eigenvalue weighted by Gasteiger charge is 2.20. The van der Waals surface area contributed by atoms with Gasteiger partial charge < -0.3 is 10.4 Å². The standard InChI is InChI=1S/C22H25N7OS/c1-13-7-6-8-18(9-13)27-15(3)11-19(17(27)5)20(30)12-31-22-25-24-21(28(22)23)29-16(4)10-14(2)26-29/h6-11H,12,23H2,1-5H3. The Kier molecular flexibility index (Phi) is 5.45. The van der Waals surface area contributed by atoms with Crippen molar-refractivity contribution in [2.75, 3.05) is 11.6 Å². The number of aromatic nitrogens is 6. The maximum atomic E-state index is 13.0. The number of carbonyl (C=O) groups is 1. The van der Waals surface area contributed by atoms with Crippen molar-refractivity contribution >= 4 is 17.5 Å². The fourth-order valence-electron chi connectivity index (χ4n) is 3.76. The lowest BCUT2D eigenvalue weighted by Gasteiger charge is -2.10. The van der Waals surface area contributed by atoms with Gasteiger partial charge >= 0.3 is 0 Å². The molecule has 0 aliphatic carbocycles. The molecule has 0 unspecified atom stereocenters. The van der Waals surface area contributed by atoms with Gasteiger partial charge in [-0.25, -0.2) is 9.36 Å². The van der Waals surface area contributed by atoms with Crippen LogP contribution in [0.4, 0.5) is 0 Å². The number of carbonyl (C=O) groups excluding carboxylic acids is 1. The van der Waals surface area contributed by atoms with Crippen molar-refractivity contribution < 1.29 is 4.79 Å². The van der Waals surface area contributed by atoms with Crippen LogP contribution in [0, 0.1) is 34.6 Å². The molecule has 0 spiro atoms. The molecule has 0 saturated carbocycles. The summed E-state index contributed by atoms with van der Waals surface area (Å²) in [5.74, 6) is 6.83. The number of aryl methyl sites for hydroxylation is 4. The van der Waals surface area contributed by atoms with Gasteiger partial charge in [-0.15, -0.1) is 10.2 Å². The molecule has 0 fully saturated rings. The van der Waals surface area contributed by atoms with Crippen LogP contribution in [0.15, 0.2) is 41.6 Å². The number of nitrogens with two attached hydrogens (primary N) is 1. The van der Waals surface area contributed by atoms with E-state index in [1.54, 1.807) is 4.68 Å². The van der Waals surface area contributed by atoms with E-state index in [2.05, 4.69) is 38.9 Å². The van der Waals surface area contributed by atoms with Crippen LogP contribution < -0.4 is 5.84 Å². The fraction of sp³-hybridized carbons (Fsp3) is 0.273. The van der Waals surface area contributed by atoms with E-state index in [-0.39, 0.29) is 11.5 Å². The highest BCUT2D eigenvalue weighted by atomic mass is 32.2. The van der Waals surface area contributed by atoms with Crippen LogP contribution in [0.3, 0.4) is 0 Å². The molecule has 0 amide bonds. The van der Waals surface area contributed by atoms with E-state index in [1.165, 1.54) is 22.0 Å². The van der Waals surface area contributed by atoms with Gasteiger partial charge in [0.15, 0.2) is 5.78 Å². The van der Waals surface area contributed by atoms with E-state index in [4.69, 9.17) is 5.84 Å². The number of Topliss-reactive ketones (excluding diaryl/α,β-unsaturated/α-hetero) is 1. The number of benzene rings is 1. The van der Waals surface area contributed by atoms with Crippen molar-refractivity contribution in [3.8, 4) is 11.6 Å². The van der Waals surface area contributed by atoms with E-state index in [0.29, 0.717) is 16.7 Å². The van der Waals surface area contributed by atoms with Crippen molar-refractivity contribution in [1.29, 1.82) is 0 Å². The Labute approximate surface area is 185 Å². The molecule has 0 aliphatic rings. The lowest BCUT2D eigenvalue weighted by molar-refractivity contribution is 0.102. The van der Waals surface area contributed by atoms with E-state index < -0.39 is 0 Å². The number of nitrogen functional groups attached to an aromatic ring is 1. The van der Waals surface area contributed by atoms with Crippen molar-refractivity contribution in [3.63, 3.8) is 0 Å². The molecule has 3 heterocycles. The minimum atomic E-state index is 0.0210. The maximum Gasteiger partial charge on any atom is 0.271 e. The highest BCUT2D eigenvalue weighted by molar-refractivity contribution is 7.99. The quantitative estimate of drug-likeness (QED) is 0.283. The second-order valence-electron chi connectivity index (χ2n) is 7.66. The van der Waals surface area contributed by atoms with Gasteiger partial charge in [-0.1, -0.05) is 23.9 Å². The molecule has 0 bridgehead atoms. The molecular formula is C22H25N7OS. The molecule has 3 aromatic heterocycles. The summed E-state index contributed by atoms with van der Waals surface area (Å²) < 4.78 is 5.12. The first kappa shape index (κ1) is 20.9. The molecular weight excluding hydrogens is 410 g/mol. The van der Waals surface area contributed by atoms with Crippen molar-refractivity contribution in [3.05, 3.63) is 70.3 Å². The van der Waals surface area contributed by atoms with Crippen LogP contribution in [0.1, 0.15) is 38.7 Å². The number of rotatable bonds is 6. The average Bonchev–Trinajstić information content (AvgIpc) is 3.34. The molecule has 4 aromatic rings. The lowest BCUT2D eigenvalue weighted by Crippen LogP contribution is -2.17. The second-order valence-corrected chi connectivity index (χ2v) is 8.61. The normalized spacial score (nSPS) is 11.3. The summed E-state index contributed by atoms with van der Waals surface area (Å²) in [6.07, 6.45) is 0. The topological polar surface area (TPSA) is 96.5 Å². The Balaban J connectivity index is 1.54. The minimum absolute atomic E-state index is 0.0210. The van der Waals surface area contributed by atoms with Gasteiger partial charge in [0.2, 0.25) is 5.16 Å². The summed E-state index contributed by atoms with van der Waals surface area (Å²) in [7, 11) is 0. The summed E-state index contributed by atoms with van der Waals surface area (Å²) in [6, 6.07) is 12.1. The van der Waals surface area contributed by atoms with Crippen LogP contribution in [0.25, 0.3) is 11.6 Å². The lowest BCUT2D eigenvalue weighted by atomic mass is 10.2. The van der Waals surface area contributed by atoms with Crippen LogP contribution in [-0.4, -0.2) is 40.8 Å². The number of ketones is 1. The molecule has 160 valence electrons. The van der Waals surface area contributed by atoms with E-state index in [1.807, 2.05) is 52.0 Å². The summed E-state index contributed by atoms with van der Waals surface area (Å²) in [5, 5.41) is 13.1. The Hall–Kier alpha value is -3.33. The molecule has 0 atom stereocenters. The molecule has 4 rings (SSSR count). The second kappa shape index (κ2) is 8.07. The number of thioether (sulfide) groups is 1. The van der Waals surface area contributed by atoms with Gasteiger partial charge in [-0.05, 0) is 64.4 Å². The van der Waals surface area contributed by atoms with Crippen LogP contribution >= 0.6 is 11.8 Å². The molecule has 1 aromatic carbocycles. The molecule has 31 heavy (non-hydrogen) atoms. The first-order chi connectivity index (χ1) is 14.8. The SMILES string of the molecule is Cc1cccc(-n2c(C)cc(C(=O)CSc3nnc(-n4nc(C)cc4C)n3N)c2C)c1. The predicted octanol–water partition coefficient (Wildman–Crippen LogP) is 3.49. The zero-order chi connectivity index (χ0) is 22.3. The van der Waals surface area contributed by atoms with Crippen LogP contribution in [0.2, 0.25) is 0 Å². The number of hydrogen-bond acceptors (Lipinski definition) is 6. The number of nitrogens with zero attached hydrogens (tertiary/aromatic N) is 6. The third kappa shape index (κ3) is 3.88. The van der Waals surface area contributed by atoms with Gasteiger partial charge in [0.25, 0.3) is 5.95 Å². The molecule has 0 saturated heterocycles. The third-order valence-electron chi connectivity index (χ3n) is 5.17. The Bertz CT molecular complexity index is 1280. The number of hydrogen-bond donors (Lipinski definition) is 1. The van der Waals surface area contributed by atoms with Crippen molar-refractivity contribution in [1.82, 2.24) is 29.2 Å². The molecule has 0 aliphatic heterocycles. The molecule has 2 N–H and O–H groups in total. The van der Waals surface area contributed by atoms with Crippen LogP contribution in [0.5, 0.6) is 0 Å². The first-order valence-electron chi connectivity index (χ1n) is 9.92. The summed E-state index contributed by atoms with van der Waals surface area (Å²) in [5.41, 5.74) is 6.65. The monoisotopic (exact) mass is 435 g/mol. The third-order valence-corrected chi connectivity index (χ3v) is 6.11. The summed E-state index contributed by atoms with van der Waals surface area (Å²) in [6.45, 7) is 9.87. The molecule has 9 heteroatoms. The molecule has 0 radical (unpaired) electrons. The zero-order valence-electron chi connectivity index (χ0n) is 18.2. The fourth-order valence-corrected chi connectivity index (χ4v) is 4.50. The predicted molar refractivity (Wildman–Crippen MR) is 122 cm³/mol. The first-order valence-corrected chi connectivity index (χ1v) is 10.9. The highest BCUT2D eigenvalue weighted by Crippen LogP contribution is 2.24. The van der Waals surface area contributed by atoms with E-state index >= 15 is 0 Å². The molecule has 8 nitrogen and oxygen atoms in total. The smallest absolute Gasteiger partial charge is 0.271 e. The summed E-state index contributed by atoms with van der Waals surface area (Å²) >= 11 is 1.26. The maximum absolute atomic E-state index is 13.0.